The lowest BCUT2D eigenvalue weighted by molar-refractivity contribution is 0.681. The number of benzene rings is 2. The first-order valence-electron chi connectivity index (χ1n) is 8.29. The molecule has 7 heteroatoms. The van der Waals surface area contributed by atoms with Gasteiger partial charge < -0.3 is 10.6 Å². The highest BCUT2D eigenvalue weighted by Gasteiger charge is 2.03. The van der Waals surface area contributed by atoms with Crippen molar-refractivity contribution in [1.82, 2.24) is 10.6 Å². The zero-order valence-corrected chi connectivity index (χ0v) is 18.9. The monoisotopic (exact) mass is 503 g/mol. The van der Waals surface area contributed by atoms with Crippen LogP contribution in [0.1, 0.15) is 5.56 Å². The molecule has 0 saturated heterocycles. The van der Waals surface area contributed by atoms with Crippen molar-refractivity contribution in [2.45, 2.75) is 10.6 Å². The Hall–Kier alpha value is -1.06. The number of guanidine groups is 1. The molecule has 0 bridgehead atoms. The minimum absolute atomic E-state index is 0. The van der Waals surface area contributed by atoms with E-state index < -0.39 is 10.8 Å². The highest BCUT2D eigenvalue weighted by atomic mass is 127. The Morgan fingerprint density at radius 2 is 1.62 bits per heavy atom. The number of hydrogen-bond acceptors (Lipinski definition) is 3. The van der Waals surface area contributed by atoms with E-state index in [1.807, 2.05) is 60.3 Å². The van der Waals surface area contributed by atoms with Gasteiger partial charge in [0.2, 0.25) is 0 Å². The third-order valence-electron chi connectivity index (χ3n) is 3.42. The summed E-state index contributed by atoms with van der Waals surface area (Å²) < 4.78 is 12.1. The van der Waals surface area contributed by atoms with Gasteiger partial charge in [0.25, 0.3) is 0 Å². The maximum atomic E-state index is 12.1. The Kier molecular flexibility index (Phi) is 12.4. The predicted molar refractivity (Wildman–Crippen MR) is 125 cm³/mol. The van der Waals surface area contributed by atoms with E-state index in [-0.39, 0.29) is 24.0 Å². The molecule has 0 heterocycles. The van der Waals surface area contributed by atoms with Crippen molar-refractivity contribution in [2.24, 2.45) is 4.99 Å². The Labute approximate surface area is 180 Å². The summed E-state index contributed by atoms with van der Waals surface area (Å²) in [5, 5.41) is 6.50. The molecule has 1 unspecified atom stereocenters. The molecule has 2 rings (SSSR count). The third kappa shape index (κ3) is 9.59. The number of aliphatic imine (C=N–C) groups is 1. The largest absolute Gasteiger partial charge is 0.356 e. The van der Waals surface area contributed by atoms with Crippen LogP contribution in [-0.2, 0) is 16.6 Å². The van der Waals surface area contributed by atoms with E-state index in [1.165, 1.54) is 4.90 Å². The van der Waals surface area contributed by atoms with Gasteiger partial charge in [-0.15, -0.1) is 35.7 Å². The van der Waals surface area contributed by atoms with E-state index in [2.05, 4.69) is 27.8 Å². The number of thioether (sulfide) groups is 1. The first-order valence-corrected chi connectivity index (χ1v) is 10.8. The van der Waals surface area contributed by atoms with Crippen molar-refractivity contribution < 1.29 is 4.21 Å². The molecule has 142 valence electrons. The van der Waals surface area contributed by atoms with Gasteiger partial charge in [-0.25, -0.2) is 0 Å². The van der Waals surface area contributed by atoms with Crippen LogP contribution in [-0.4, -0.2) is 41.8 Å². The SMILES string of the molecule is CN=C(NCCSc1ccccc1)NCCS(=O)Cc1ccccc1.I. The molecule has 0 fully saturated rings. The van der Waals surface area contributed by atoms with Crippen molar-refractivity contribution in [3.8, 4) is 0 Å². The molecule has 2 N–H and O–H groups in total. The van der Waals surface area contributed by atoms with Crippen LogP contribution in [0.5, 0.6) is 0 Å². The summed E-state index contributed by atoms with van der Waals surface area (Å²) in [4.78, 5) is 5.47. The van der Waals surface area contributed by atoms with Crippen molar-refractivity contribution in [3.05, 3.63) is 66.2 Å². The summed E-state index contributed by atoms with van der Waals surface area (Å²) in [7, 11) is 0.880. The highest BCUT2D eigenvalue weighted by Crippen LogP contribution is 2.15. The zero-order valence-electron chi connectivity index (χ0n) is 14.9. The van der Waals surface area contributed by atoms with Gasteiger partial charge in [-0.3, -0.25) is 9.20 Å². The Balaban J connectivity index is 0.00000338. The molecule has 0 aliphatic heterocycles. The first kappa shape index (κ1) is 23.0. The van der Waals surface area contributed by atoms with Crippen LogP contribution in [0, 0.1) is 0 Å². The molecule has 2 aromatic carbocycles. The molecule has 0 spiro atoms. The van der Waals surface area contributed by atoms with Crippen LogP contribution in [0.25, 0.3) is 0 Å². The van der Waals surface area contributed by atoms with Crippen molar-refractivity contribution in [3.63, 3.8) is 0 Å². The van der Waals surface area contributed by atoms with Crippen molar-refractivity contribution in [2.75, 3.05) is 31.6 Å². The number of nitrogens with zero attached hydrogens (tertiary/aromatic N) is 1. The maximum Gasteiger partial charge on any atom is 0.191 e. The van der Waals surface area contributed by atoms with Gasteiger partial charge in [0, 0.05) is 53.1 Å². The smallest absolute Gasteiger partial charge is 0.191 e. The van der Waals surface area contributed by atoms with Gasteiger partial charge in [-0.05, 0) is 17.7 Å². The summed E-state index contributed by atoms with van der Waals surface area (Å²) in [6.07, 6.45) is 0. The number of rotatable bonds is 9. The second-order valence-corrected chi connectivity index (χ2v) is 8.11. The van der Waals surface area contributed by atoms with E-state index in [0.717, 1.165) is 23.8 Å². The molecule has 2 aromatic rings. The Morgan fingerprint density at radius 1 is 1.00 bits per heavy atom. The average Bonchev–Trinajstić information content (AvgIpc) is 2.65. The Bertz CT molecular complexity index is 669. The molecular weight excluding hydrogens is 477 g/mol. The average molecular weight is 503 g/mol. The normalized spacial score (nSPS) is 12.1. The molecule has 0 aromatic heterocycles. The molecule has 0 saturated carbocycles. The van der Waals surface area contributed by atoms with E-state index in [0.29, 0.717) is 18.1 Å². The number of hydrogen-bond donors (Lipinski definition) is 2. The lowest BCUT2D eigenvalue weighted by Gasteiger charge is -2.11. The van der Waals surface area contributed by atoms with E-state index in [4.69, 9.17) is 0 Å². The molecule has 0 aliphatic carbocycles. The second kappa shape index (κ2) is 14.1. The van der Waals surface area contributed by atoms with Crippen LogP contribution < -0.4 is 10.6 Å². The lowest BCUT2D eigenvalue weighted by Crippen LogP contribution is -2.40. The fourth-order valence-electron chi connectivity index (χ4n) is 2.19. The molecular formula is C19H26IN3OS2. The molecule has 26 heavy (non-hydrogen) atoms. The van der Waals surface area contributed by atoms with Crippen LogP contribution >= 0.6 is 35.7 Å². The van der Waals surface area contributed by atoms with Gasteiger partial charge >= 0.3 is 0 Å². The van der Waals surface area contributed by atoms with E-state index in [1.54, 1.807) is 7.05 Å². The van der Waals surface area contributed by atoms with Gasteiger partial charge in [0.05, 0.1) is 0 Å². The first-order chi connectivity index (χ1) is 12.3. The lowest BCUT2D eigenvalue weighted by atomic mass is 10.2. The van der Waals surface area contributed by atoms with Crippen LogP contribution in [0.15, 0.2) is 70.6 Å². The maximum absolute atomic E-state index is 12.1. The number of halogens is 1. The molecule has 4 nitrogen and oxygen atoms in total. The summed E-state index contributed by atoms with van der Waals surface area (Å²) in [5.74, 6) is 2.92. The molecule has 1 atom stereocenters. The van der Waals surface area contributed by atoms with E-state index >= 15 is 0 Å². The van der Waals surface area contributed by atoms with Gasteiger partial charge in [-0.2, -0.15) is 0 Å². The fourth-order valence-corrected chi connectivity index (χ4v) is 4.02. The molecule has 0 aliphatic rings. The summed E-state index contributed by atoms with van der Waals surface area (Å²) in [6.45, 7) is 1.47. The zero-order chi connectivity index (χ0) is 17.7. The molecule has 0 amide bonds. The van der Waals surface area contributed by atoms with Gasteiger partial charge in [-0.1, -0.05) is 48.5 Å². The van der Waals surface area contributed by atoms with Crippen LogP contribution in [0.3, 0.4) is 0 Å². The molecule has 0 radical (unpaired) electrons. The minimum Gasteiger partial charge on any atom is -0.356 e. The van der Waals surface area contributed by atoms with Crippen molar-refractivity contribution in [1.29, 1.82) is 0 Å². The summed E-state index contributed by atoms with van der Waals surface area (Å²) in [5.41, 5.74) is 1.11. The van der Waals surface area contributed by atoms with Crippen LogP contribution in [0.2, 0.25) is 0 Å². The summed E-state index contributed by atoms with van der Waals surface area (Å²) >= 11 is 1.81. The topological polar surface area (TPSA) is 53.5 Å². The van der Waals surface area contributed by atoms with Gasteiger partial charge in [0.1, 0.15) is 0 Å². The second-order valence-electron chi connectivity index (χ2n) is 5.36. The predicted octanol–water partition coefficient (Wildman–Crippen LogP) is 3.51. The Morgan fingerprint density at radius 3 is 2.27 bits per heavy atom. The van der Waals surface area contributed by atoms with Crippen molar-refractivity contribution >= 4 is 52.5 Å². The fraction of sp³-hybridized carbons (Fsp3) is 0.316. The number of nitrogens with one attached hydrogen (secondary N) is 2. The summed E-state index contributed by atoms with van der Waals surface area (Å²) in [6, 6.07) is 20.3. The minimum atomic E-state index is -0.871. The van der Waals surface area contributed by atoms with Crippen LogP contribution in [0.4, 0.5) is 0 Å². The quantitative estimate of drug-likeness (QED) is 0.181. The third-order valence-corrected chi connectivity index (χ3v) is 5.75. The van der Waals surface area contributed by atoms with Gasteiger partial charge in [0.15, 0.2) is 5.96 Å². The standard InChI is InChI=1S/C19H25N3OS2.HI/c1-20-19(21-12-14-24-18-10-6-3-7-11-18)22-13-15-25(23)16-17-8-4-2-5-9-17;/h2-11H,12-16H2,1H3,(H2,20,21,22);1H. The van der Waals surface area contributed by atoms with E-state index in [9.17, 15) is 4.21 Å². The highest BCUT2D eigenvalue weighted by molar-refractivity contribution is 14.0.